The number of anilines is 1. The van der Waals surface area contributed by atoms with Crippen LogP contribution in [0.1, 0.15) is 19.8 Å². The van der Waals surface area contributed by atoms with Gasteiger partial charge in [-0.3, -0.25) is 4.99 Å². The smallest absolute Gasteiger partial charge is 0.188 e. The fourth-order valence-corrected chi connectivity index (χ4v) is 2.61. The van der Waals surface area contributed by atoms with E-state index in [1.54, 1.807) is 11.3 Å². The van der Waals surface area contributed by atoms with Crippen LogP contribution >= 0.6 is 11.3 Å². The molecule has 0 radical (unpaired) electrons. The summed E-state index contributed by atoms with van der Waals surface area (Å²) in [5, 5.41) is 7.32. The number of fused-ring (bicyclic) bond motifs is 1. The fourth-order valence-electron chi connectivity index (χ4n) is 1.72. The first-order valence-corrected chi connectivity index (χ1v) is 7.74. The predicted molar refractivity (Wildman–Crippen MR) is 87.5 cm³/mol. The normalized spacial score (nSPS) is 11.8. The molecule has 2 aromatic rings. The first-order chi connectivity index (χ1) is 9.79. The SMILES string of the molecule is CCCCN=C(N)NCCNc1nc2ccccc2s1. The molecule has 0 unspecified atom stereocenters. The highest BCUT2D eigenvalue weighted by molar-refractivity contribution is 7.22. The molecule has 0 spiro atoms. The summed E-state index contributed by atoms with van der Waals surface area (Å²) in [6.07, 6.45) is 2.21. The van der Waals surface area contributed by atoms with E-state index < -0.39 is 0 Å². The lowest BCUT2D eigenvalue weighted by atomic mass is 10.3. The molecule has 1 heterocycles. The van der Waals surface area contributed by atoms with Crippen LogP contribution in [0.15, 0.2) is 29.3 Å². The van der Waals surface area contributed by atoms with E-state index >= 15 is 0 Å². The molecule has 6 heteroatoms. The zero-order chi connectivity index (χ0) is 14.2. The summed E-state index contributed by atoms with van der Waals surface area (Å²) in [5.41, 5.74) is 6.79. The minimum atomic E-state index is 0.518. The monoisotopic (exact) mass is 291 g/mol. The second kappa shape index (κ2) is 7.69. The van der Waals surface area contributed by atoms with Gasteiger partial charge >= 0.3 is 0 Å². The van der Waals surface area contributed by atoms with Crippen LogP contribution in [0.3, 0.4) is 0 Å². The van der Waals surface area contributed by atoms with E-state index in [-0.39, 0.29) is 0 Å². The van der Waals surface area contributed by atoms with Gasteiger partial charge in [-0.25, -0.2) is 4.98 Å². The van der Waals surface area contributed by atoms with Crippen molar-refractivity contribution in [2.75, 3.05) is 25.0 Å². The number of nitrogens with zero attached hydrogens (tertiary/aromatic N) is 2. The quantitative estimate of drug-likeness (QED) is 0.416. The summed E-state index contributed by atoms with van der Waals surface area (Å²) < 4.78 is 1.20. The lowest BCUT2D eigenvalue weighted by Gasteiger charge is -2.05. The first-order valence-electron chi connectivity index (χ1n) is 6.93. The summed E-state index contributed by atoms with van der Waals surface area (Å²) in [4.78, 5) is 8.74. The minimum Gasteiger partial charge on any atom is -0.370 e. The van der Waals surface area contributed by atoms with Gasteiger partial charge in [-0.05, 0) is 18.6 Å². The number of thiazole rings is 1. The Balaban J connectivity index is 1.71. The van der Waals surface area contributed by atoms with Crippen molar-refractivity contribution in [2.24, 2.45) is 10.7 Å². The number of aromatic nitrogens is 1. The molecular weight excluding hydrogens is 270 g/mol. The molecule has 0 amide bonds. The molecule has 108 valence electrons. The van der Waals surface area contributed by atoms with Crippen LogP contribution in [0.25, 0.3) is 10.2 Å². The molecule has 1 aromatic carbocycles. The summed E-state index contributed by atoms with van der Waals surface area (Å²) >= 11 is 1.66. The van der Waals surface area contributed by atoms with Crippen molar-refractivity contribution in [1.29, 1.82) is 0 Å². The Morgan fingerprint density at radius 3 is 3.00 bits per heavy atom. The number of benzene rings is 1. The van der Waals surface area contributed by atoms with Gasteiger partial charge in [0.2, 0.25) is 0 Å². The van der Waals surface area contributed by atoms with Crippen LogP contribution in [0.5, 0.6) is 0 Å². The highest BCUT2D eigenvalue weighted by atomic mass is 32.1. The third-order valence-electron chi connectivity index (χ3n) is 2.80. The third-order valence-corrected chi connectivity index (χ3v) is 3.79. The standard InChI is InChI=1S/C14H21N5S/c1-2-3-8-16-13(15)17-9-10-18-14-19-11-6-4-5-7-12(11)20-14/h4-7H,2-3,8-10H2,1H3,(H,18,19)(H3,15,16,17). The van der Waals surface area contributed by atoms with Gasteiger partial charge in [-0.2, -0.15) is 0 Å². The Morgan fingerprint density at radius 1 is 1.35 bits per heavy atom. The molecule has 5 nitrogen and oxygen atoms in total. The van der Waals surface area contributed by atoms with E-state index in [1.807, 2.05) is 18.2 Å². The van der Waals surface area contributed by atoms with Crippen molar-refractivity contribution in [3.05, 3.63) is 24.3 Å². The van der Waals surface area contributed by atoms with Gasteiger partial charge in [0, 0.05) is 19.6 Å². The molecule has 0 aliphatic carbocycles. The summed E-state index contributed by atoms with van der Waals surface area (Å²) in [5.74, 6) is 0.518. The van der Waals surface area contributed by atoms with Crippen LogP contribution < -0.4 is 16.4 Å². The van der Waals surface area contributed by atoms with Crippen LogP contribution in [-0.2, 0) is 0 Å². The van der Waals surface area contributed by atoms with Gasteiger partial charge in [0.15, 0.2) is 11.1 Å². The molecule has 0 bridgehead atoms. The molecule has 0 aliphatic rings. The number of para-hydroxylation sites is 1. The molecule has 4 N–H and O–H groups in total. The molecule has 20 heavy (non-hydrogen) atoms. The van der Waals surface area contributed by atoms with Crippen molar-refractivity contribution in [3.63, 3.8) is 0 Å². The first kappa shape index (κ1) is 14.6. The maximum absolute atomic E-state index is 5.75. The molecule has 0 saturated heterocycles. The molecule has 0 saturated carbocycles. The summed E-state index contributed by atoms with van der Waals surface area (Å²) in [6, 6.07) is 8.13. The second-order valence-corrected chi connectivity index (χ2v) is 5.49. The number of hydrogen-bond donors (Lipinski definition) is 3. The molecule has 1 aromatic heterocycles. The fraction of sp³-hybridized carbons (Fsp3) is 0.429. The zero-order valence-electron chi connectivity index (χ0n) is 11.7. The molecular formula is C14H21N5S. The number of unbranched alkanes of at least 4 members (excludes halogenated alkanes) is 1. The highest BCUT2D eigenvalue weighted by Gasteiger charge is 2.01. The Bertz CT molecular complexity index is 530. The van der Waals surface area contributed by atoms with Gasteiger partial charge in [-0.1, -0.05) is 36.8 Å². The van der Waals surface area contributed by atoms with Crippen molar-refractivity contribution in [2.45, 2.75) is 19.8 Å². The lowest BCUT2D eigenvalue weighted by molar-refractivity contribution is 0.795. The van der Waals surface area contributed by atoms with Crippen LogP contribution in [0, 0.1) is 0 Å². The Morgan fingerprint density at radius 2 is 2.20 bits per heavy atom. The zero-order valence-corrected chi connectivity index (χ0v) is 12.5. The summed E-state index contributed by atoms with van der Waals surface area (Å²) in [6.45, 7) is 4.43. The highest BCUT2D eigenvalue weighted by Crippen LogP contribution is 2.24. The van der Waals surface area contributed by atoms with Crippen molar-refractivity contribution in [3.8, 4) is 0 Å². The number of guanidine groups is 1. The van der Waals surface area contributed by atoms with Crippen molar-refractivity contribution >= 4 is 32.6 Å². The van der Waals surface area contributed by atoms with E-state index in [1.165, 1.54) is 4.70 Å². The van der Waals surface area contributed by atoms with Gasteiger partial charge in [0.05, 0.1) is 10.2 Å². The number of rotatable bonds is 7. The van der Waals surface area contributed by atoms with Crippen molar-refractivity contribution in [1.82, 2.24) is 10.3 Å². The Hall–Kier alpha value is -1.82. The van der Waals surface area contributed by atoms with Crippen molar-refractivity contribution < 1.29 is 0 Å². The molecule has 2 rings (SSSR count). The molecule has 0 fully saturated rings. The van der Waals surface area contributed by atoms with E-state index in [2.05, 4.69) is 33.6 Å². The minimum absolute atomic E-state index is 0.518. The van der Waals surface area contributed by atoms with E-state index in [9.17, 15) is 0 Å². The third kappa shape index (κ3) is 4.38. The van der Waals surface area contributed by atoms with Gasteiger partial charge in [-0.15, -0.1) is 0 Å². The maximum Gasteiger partial charge on any atom is 0.188 e. The van der Waals surface area contributed by atoms with Gasteiger partial charge < -0.3 is 16.4 Å². The number of hydrogen-bond acceptors (Lipinski definition) is 4. The number of aliphatic imine (C=N–C) groups is 1. The summed E-state index contributed by atoms with van der Waals surface area (Å²) in [7, 11) is 0. The van der Waals surface area contributed by atoms with E-state index in [0.717, 1.165) is 43.1 Å². The average Bonchev–Trinajstić information content (AvgIpc) is 2.86. The van der Waals surface area contributed by atoms with Crippen LogP contribution in [-0.4, -0.2) is 30.6 Å². The van der Waals surface area contributed by atoms with E-state index in [4.69, 9.17) is 5.73 Å². The Kier molecular flexibility index (Phi) is 5.61. The van der Waals surface area contributed by atoms with E-state index in [0.29, 0.717) is 5.96 Å². The topological polar surface area (TPSA) is 75.3 Å². The Labute approximate surface area is 123 Å². The van der Waals surface area contributed by atoms with Gasteiger partial charge in [0.1, 0.15) is 0 Å². The van der Waals surface area contributed by atoms with Crippen LogP contribution in [0.4, 0.5) is 5.13 Å². The number of nitrogens with two attached hydrogens (primary N) is 1. The predicted octanol–water partition coefficient (Wildman–Crippen LogP) is 2.41. The maximum atomic E-state index is 5.75. The lowest BCUT2D eigenvalue weighted by Crippen LogP contribution is -2.35. The average molecular weight is 291 g/mol. The van der Waals surface area contributed by atoms with Gasteiger partial charge in [0.25, 0.3) is 0 Å². The molecule has 0 atom stereocenters. The second-order valence-electron chi connectivity index (χ2n) is 4.46. The molecule has 0 aliphatic heterocycles. The largest absolute Gasteiger partial charge is 0.370 e. The van der Waals surface area contributed by atoms with Crippen LogP contribution in [0.2, 0.25) is 0 Å². The number of nitrogens with one attached hydrogen (secondary N) is 2.